The highest BCUT2D eigenvalue weighted by Crippen LogP contribution is 2.22. The van der Waals surface area contributed by atoms with Crippen LogP contribution in [0.4, 0.5) is 11.4 Å². The van der Waals surface area contributed by atoms with Crippen molar-refractivity contribution in [1.82, 2.24) is 0 Å². The summed E-state index contributed by atoms with van der Waals surface area (Å²) in [5, 5.41) is 0. The van der Waals surface area contributed by atoms with Gasteiger partial charge in [0.2, 0.25) is 0 Å². The zero-order chi connectivity index (χ0) is 14.7. The summed E-state index contributed by atoms with van der Waals surface area (Å²) in [6.45, 7) is 6.54. The van der Waals surface area contributed by atoms with Crippen LogP contribution >= 0.6 is 0 Å². The van der Waals surface area contributed by atoms with Crippen molar-refractivity contribution in [2.45, 2.75) is 20.8 Å². The zero-order valence-corrected chi connectivity index (χ0v) is 12.2. The third-order valence-electron chi connectivity index (χ3n) is 3.48. The zero-order valence-electron chi connectivity index (χ0n) is 12.2. The number of nitrogen functional groups attached to an aromatic ring is 1. The fourth-order valence-electron chi connectivity index (χ4n) is 2.25. The SMILES string of the molecule is CCN(C(=O)c1ccc(N)c(C)c1)c1ccccc1C. The molecular formula is C17H20N2O. The van der Waals surface area contributed by atoms with Crippen LogP contribution in [0.15, 0.2) is 42.5 Å². The Morgan fingerprint density at radius 1 is 1.10 bits per heavy atom. The first-order valence-corrected chi connectivity index (χ1v) is 6.78. The Balaban J connectivity index is 2.39. The Bertz CT molecular complexity index is 635. The number of amides is 1. The largest absolute Gasteiger partial charge is 0.399 e. The molecule has 2 rings (SSSR count). The molecule has 20 heavy (non-hydrogen) atoms. The molecule has 3 nitrogen and oxygen atoms in total. The van der Waals surface area contributed by atoms with Crippen LogP contribution in [0.1, 0.15) is 28.4 Å². The Labute approximate surface area is 120 Å². The molecule has 104 valence electrons. The molecule has 0 atom stereocenters. The summed E-state index contributed by atoms with van der Waals surface area (Å²) >= 11 is 0. The van der Waals surface area contributed by atoms with Gasteiger partial charge in [0.05, 0.1) is 0 Å². The van der Waals surface area contributed by atoms with E-state index in [1.807, 2.05) is 51.1 Å². The van der Waals surface area contributed by atoms with E-state index in [0.717, 1.165) is 16.8 Å². The predicted octanol–water partition coefficient (Wildman–Crippen LogP) is 3.55. The highest BCUT2D eigenvalue weighted by atomic mass is 16.2. The summed E-state index contributed by atoms with van der Waals surface area (Å²) < 4.78 is 0. The van der Waals surface area contributed by atoms with Gasteiger partial charge >= 0.3 is 0 Å². The van der Waals surface area contributed by atoms with Crippen LogP contribution in [0.3, 0.4) is 0 Å². The molecule has 0 saturated carbocycles. The van der Waals surface area contributed by atoms with Gasteiger partial charge in [-0.2, -0.15) is 0 Å². The maximum Gasteiger partial charge on any atom is 0.258 e. The summed E-state index contributed by atoms with van der Waals surface area (Å²) in [6, 6.07) is 13.3. The minimum atomic E-state index is 0.00454. The van der Waals surface area contributed by atoms with E-state index in [4.69, 9.17) is 5.73 Å². The van der Waals surface area contributed by atoms with E-state index in [1.54, 1.807) is 17.0 Å². The lowest BCUT2D eigenvalue weighted by Crippen LogP contribution is -2.31. The molecule has 0 bridgehead atoms. The topological polar surface area (TPSA) is 46.3 Å². The molecular weight excluding hydrogens is 248 g/mol. The monoisotopic (exact) mass is 268 g/mol. The van der Waals surface area contributed by atoms with Gasteiger partial charge in [-0.3, -0.25) is 4.79 Å². The van der Waals surface area contributed by atoms with Gasteiger partial charge in [-0.1, -0.05) is 18.2 Å². The summed E-state index contributed by atoms with van der Waals surface area (Å²) in [5.41, 5.74) is 10.2. The smallest absolute Gasteiger partial charge is 0.258 e. The second kappa shape index (κ2) is 5.78. The minimum absolute atomic E-state index is 0.00454. The second-order valence-electron chi connectivity index (χ2n) is 4.91. The van der Waals surface area contributed by atoms with Gasteiger partial charge in [0.1, 0.15) is 0 Å². The van der Waals surface area contributed by atoms with Crippen molar-refractivity contribution in [3.63, 3.8) is 0 Å². The molecule has 0 aliphatic carbocycles. The van der Waals surface area contributed by atoms with Crippen LogP contribution in [0.25, 0.3) is 0 Å². The van der Waals surface area contributed by atoms with Crippen molar-refractivity contribution in [1.29, 1.82) is 0 Å². The van der Waals surface area contributed by atoms with Crippen molar-refractivity contribution >= 4 is 17.3 Å². The van der Waals surface area contributed by atoms with Crippen molar-refractivity contribution in [2.75, 3.05) is 17.2 Å². The third-order valence-corrected chi connectivity index (χ3v) is 3.48. The maximum atomic E-state index is 12.7. The maximum absolute atomic E-state index is 12.7. The quantitative estimate of drug-likeness (QED) is 0.865. The number of anilines is 2. The first kappa shape index (κ1) is 14.1. The Morgan fingerprint density at radius 2 is 1.80 bits per heavy atom. The highest BCUT2D eigenvalue weighted by Gasteiger charge is 2.17. The lowest BCUT2D eigenvalue weighted by molar-refractivity contribution is 0.0988. The summed E-state index contributed by atoms with van der Waals surface area (Å²) in [4.78, 5) is 14.5. The van der Waals surface area contributed by atoms with Crippen molar-refractivity contribution < 1.29 is 4.79 Å². The lowest BCUT2D eigenvalue weighted by atomic mass is 10.1. The van der Waals surface area contributed by atoms with Gasteiger partial charge in [0.25, 0.3) is 5.91 Å². The highest BCUT2D eigenvalue weighted by molar-refractivity contribution is 6.06. The predicted molar refractivity (Wildman–Crippen MR) is 84.1 cm³/mol. The average molecular weight is 268 g/mol. The number of hydrogen-bond acceptors (Lipinski definition) is 2. The van der Waals surface area contributed by atoms with E-state index in [-0.39, 0.29) is 5.91 Å². The molecule has 2 N–H and O–H groups in total. The van der Waals surface area contributed by atoms with Gasteiger partial charge < -0.3 is 10.6 Å². The fraction of sp³-hybridized carbons (Fsp3) is 0.235. The van der Waals surface area contributed by atoms with Crippen LogP contribution < -0.4 is 10.6 Å². The number of aryl methyl sites for hydroxylation is 2. The molecule has 0 fully saturated rings. The lowest BCUT2D eigenvalue weighted by Gasteiger charge is -2.23. The summed E-state index contributed by atoms with van der Waals surface area (Å²) in [7, 11) is 0. The fourth-order valence-corrected chi connectivity index (χ4v) is 2.25. The van der Waals surface area contributed by atoms with Crippen LogP contribution in [0.2, 0.25) is 0 Å². The molecule has 0 unspecified atom stereocenters. The van der Waals surface area contributed by atoms with Crippen LogP contribution in [-0.2, 0) is 0 Å². The molecule has 0 saturated heterocycles. The number of carbonyl (C=O) groups is 1. The number of hydrogen-bond donors (Lipinski definition) is 1. The molecule has 1 amide bonds. The van der Waals surface area contributed by atoms with Crippen molar-refractivity contribution in [3.8, 4) is 0 Å². The van der Waals surface area contributed by atoms with E-state index < -0.39 is 0 Å². The van der Waals surface area contributed by atoms with Gasteiger partial charge in [-0.05, 0) is 56.2 Å². The van der Waals surface area contributed by atoms with Crippen molar-refractivity contribution in [2.24, 2.45) is 0 Å². The minimum Gasteiger partial charge on any atom is -0.399 e. The number of nitrogens with zero attached hydrogens (tertiary/aromatic N) is 1. The number of para-hydroxylation sites is 1. The number of carbonyl (C=O) groups excluding carboxylic acids is 1. The number of rotatable bonds is 3. The molecule has 0 aliphatic heterocycles. The molecule has 0 heterocycles. The molecule has 3 heteroatoms. The first-order chi connectivity index (χ1) is 9.54. The number of benzene rings is 2. The van der Waals surface area contributed by atoms with Crippen LogP contribution in [-0.4, -0.2) is 12.5 Å². The first-order valence-electron chi connectivity index (χ1n) is 6.78. The normalized spacial score (nSPS) is 10.3. The van der Waals surface area contributed by atoms with Gasteiger partial charge in [0.15, 0.2) is 0 Å². The molecule has 2 aromatic rings. The summed E-state index contributed by atoms with van der Waals surface area (Å²) in [6.07, 6.45) is 0. The molecule has 0 spiro atoms. The molecule has 0 radical (unpaired) electrons. The van der Waals surface area contributed by atoms with Crippen LogP contribution in [0.5, 0.6) is 0 Å². The van der Waals surface area contributed by atoms with E-state index in [9.17, 15) is 4.79 Å². The van der Waals surface area contributed by atoms with E-state index in [2.05, 4.69) is 0 Å². The number of nitrogens with two attached hydrogens (primary N) is 1. The molecule has 0 aliphatic rings. The van der Waals surface area contributed by atoms with E-state index in [0.29, 0.717) is 17.8 Å². The average Bonchev–Trinajstić information content (AvgIpc) is 2.44. The standard InChI is InChI=1S/C17H20N2O/c1-4-19(16-8-6-5-7-12(16)2)17(20)14-9-10-15(18)13(3)11-14/h5-11H,4,18H2,1-3H3. The Hall–Kier alpha value is -2.29. The Kier molecular flexibility index (Phi) is 4.08. The van der Waals surface area contributed by atoms with Gasteiger partial charge in [-0.25, -0.2) is 0 Å². The Morgan fingerprint density at radius 3 is 2.40 bits per heavy atom. The second-order valence-corrected chi connectivity index (χ2v) is 4.91. The van der Waals surface area contributed by atoms with E-state index >= 15 is 0 Å². The van der Waals surface area contributed by atoms with E-state index in [1.165, 1.54) is 0 Å². The molecule has 0 aromatic heterocycles. The van der Waals surface area contributed by atoms with Gasteiger partial charge in [-0.15, -0.1) is 0 Å². The van der Waals surface area contributed by atoms with Crippen molar-refractivity contribution in [3.05, 3.63) is 59.2 Å². The third kappa shape index (κ3) is 2.67. The summed E-state index contributed by atoms with van der Waals surface area (Å²) in [5.74, 6) is 0.00454. The van der Waals surface area contributed by atoms with Gasteiger partial charge in [0, 0.05) is 23.5 Å². The molecule has 2 aromatic carbocycles. The van der Waals surface area contributed by atoms with Crippen LogP contribution in [0, 0.1) is 13.8 Å².